The summed E-state index contributed by atoms with van der Waals surface area (Å²) in [5, 5.41) is 22.1. The Morgan fingerprint density at radius 1 is 1.42 bits per heavy atom. The normalized spacial score (nSPS) is 27.1. The molecule has 1 aliphatic heterocycles. The lowest BCUT2D eigenvalue weighted by molar-refractivity contribution is -0.177. The number of ether oxygens (including phenoxy) is 1. The molecule has 36 heavy (non-hydrogen) atoms. The zero-order chi connectivity index (χ0) is 25.9. The molecule has 0 amide bonds. The van der Waals surface area contributed by atoms with Crippen molar-refractivity contribution in [1.29, 1.82) is 0 Å². The van der Waals surface area contributed by atoms with E-state index in [1.807, 2.05) is 0 Å². The number of aromatic nitrogens is 4. The summed E-state index contributed by atoms with van der Waals surface area (Å²) in [5.74, 6) is 1.80. The number of nitrogens with one attached hydrogen (secondary N) is 1. The zero-order valence-electron chi connectivity index (χ0n) is 19.0. The minimum absolute atomic E-state index is 0.0759. The Morgan fingerprint density at radius 2 is 2.17 bits per heavy atom. The van der Waals surface area contributed by atoms with Crippen LogP contribution in [0.1, 0.15) is 31.9 Å². The molecule has 200 valence electrons. The molecule has 0 spiro atoms. The van der Waals surface area contributed by atoms with Crippen LogP contribution in [-0.2, 0) is 18.3 Å². The Bertz CT molecular complexity index is 1140. The number of rotatable bonds is 11. The van der Waals surface area contributed by atoms with E-state index in [0.717, 1.165) is 18.6 Å². The van der Waals surface area contributed by atoms with Gasteiger partial charge in [0.05, 0.1) is 12.9 Å². The minimum atomic E-state index is -4.30. The summed E-state index contributed by atoms with van der Waals surface area (Å²) in [6.07, 6.45) is -0.985. The highest BCUT2D eigenvalue weighted by molar-refractivity contribution is 7.56. The first-order valence-corrected chi connectivity index (χ1v) is 14.7. The Labute approximate surface area is 211 Å². The van der Waals surface area contributed by atoms with Crippen LogP contribution in [0, 0.1) is 5.92 Å². The molecular weight excluding hydrogens is 543 g/mol. The van der Waals surface area contributed by atoms with E-state index in [0.29, 0.717) is 23.8 Å². The number of imidazole rings is 1. The maximum atomic E-state index is 15.0. The molecule has 0 radical (unpaired) electrons. The third kappa shape index (κ3) is 6.57. The Morgan fingerprint density at radius 3 is 2.89 bits per heavy atom. The van der Waals surface area contributed by atoms with E-state index in [4.69, 9.17) is 26.0 Å². The predicted molar refractivity (Wildman–Crippen MR) is 127 cm³/mol. The molecule has 17 heteroatoms. The second kappa shape index (κ2) is 12.0. The first-order chi connectivity index (χ1) is 17.2. The summed E-state index contributed by atoms with van der Waals surface area (Å²) in [6, 6.07) is 0. The van der Waals surface area contributed by atoms with Crippen molar-refractivity contribution in [2.24, 2.45) is 5.92 Å². The van der Waals surface area contributed by atoms with Crippen LogP contribution in [0.25, 0.3) is 11.2 Å². The van der Waals surface area contributed by atoms with Crippen LogP contribution < -0.4 is 10.2 Å². The van der Waals surface area contributed by atoms with Crippen LogP contribution in [0.2, 0.25) is 5.28 Å². The Hall–Kier alpha value is -1.31. The SMILES string of the molecule is O=P(O)(C/C=[P+](\[O-])OCO)OC[C@H]1OC(n2cnc3c(NCC4CCCC4)nc(Cl)nc32)[C@@H](F)[C@@H]1O. The van der Waals surface area contributed by atoms with Crippen LogP contribution in [-0.4, -0.2) is 84.9 Å². The van der Waals surface area contributed by atoms with Crippen molar-refractivity contribution in [3.8, 4) is 0 Å². The number of aliphatic hydroxyl groups is 2. The van der Waals surface area contributed by atoms with E-state index >= 15 is 4.39 Å². The number of anilines is 1. The lowest BCUT2D eigenvalue weighted by Crippen LogP contribution is -2.31. The summed E-state index contributed by atoms with van der Waals surface area (Å²) >= 11 is 6.11. The number of fused-ring (bicyclic) bond motifs is 1. The molecule has 3 heterocycles. The van der Waals surface area contributed by atoms with Gasteiger partial charge in [-0.3, -0.25) is 9.13 Å². The summed E-state index contributed by atoms with van der Waals surface area (Å²) < 4.78 is 43.4. The molecule has 2 aliphatic rings. The van der Waals surface area contributed by atoms with Crippen molar-refractivity contribution in [2.75, 3.05) is 31.4 Å². The van der Waals surface area contributed by atoms with Crippen LogP contribution in [0.15, 0.2) is 6.33 Å². The van der Waals surface area contributed by atoms with Crippen molar-refractivity contribution < 1.29 is 42.7 Å². The standard InChI is InChI=1S/C19H27ClFN5O8P2/c20-19-24-16(22-7-11-3-1-2-4-11)14-17(25-19)26(9-23-14)18-13(21)15(28)12(34-18)8-33-36(30,31)6-5-35(29)32-10-27/h5,9,11-13,15,18,27-28H,1-4,6-8,10H2,(H,30,31)(H,22,24,25)/t12-,13+,15-,18?/m1/s1. The van der Waals surface area contributed by atoms with Gasteiger partial charge in [-0.15, -0.1) is 0 Å². The van der Waals surface area contributed by atoms with Gasteiger partial charge in [0.25, 0.3) is 0 Å². The number of alkyl halides is 1. The summed E-state index contributed by atoms with van der Waals surface area (Å²) in [7, 11) is -6.76. The first kappa shape index (κ1) is 27.7. The van der Waals surface area contributed by atoms with Gasteiger partial charge >= 0.3 is 7.60 Å². The number of aliphatic hydroxyl groups excluding tert-OH is 2. The van der Waals surface area contributed by atoms with Crippen LogP contribution in [0.4, 0.5) is 10.2 Å². The second-order valence-electron chi connectivity index (χ2n) is 8.54. The molecule has 4 rings (SSSR count). The van der Waals surface area contributed by atoms with Crippen LogP contribution in [0.5, 0.6) is 0 Å². The highest BCUT2D eigenvalue weighted by Gasteiger charge is 2.46. The van der Waals surface area contributed by atoms with Crippen molar-refractivity contribution in [3.05, 3.63) is 11.6 Å². The van der Waals surface area contributed by atoms with Gasteiger partial charge in [0, 0.05) is 6.54 Å². The van der Waals surface area contributed by atoms with E-state index in [1.54, 1.807) is 0 Å². The number of hydrogen-bond acceptors (Lipinski definition) is 11. The smallest absolute Gasteiger partial charge is 0.335 e. The molecule has 2 aromatic heterocycles. The first-order valence-electron chi connectivity index (χ1n) is 11.3. The quantitative estimate of drug-likeness (QED) is 0.173. The topological polar surface area (TPSA) is 184 Å². The zero-order valence-corrected chi connectivity index (χ0v) is 21.6. The fourth-order valence-corrected chi connectivity index (χ4v) is 6.47. The Kier molecular flexibility index (Phi) is 9.27. The molecule has 1 saturated heterocycles. The number of hydrogen-bond donors (Lipinski definition) is 4. The van der Waals surface area contributed by atoms with Crippen molar-refractivity contribution in [3.63, 3.8) is 0 Å². The molecule has 13 nitrogen and oxygen atoms in total. The van der Waals surface area contributed by atoms with Crippen molar-refractivity contribution in [1.82, 2.24) is 19.5 Å². The maximum absolute atomic E-state index is 15.0. The van der Waals surface area contributed by atoms with Crippen molar-refractivity contribution in [2.45, 2.75) is 50.3 Å². The fraction of sp³-hybridized carbons (Fsp3) is 0.684. The predicted octanol–water partition coefficient (Wildman–Crippen LogP) is 1.32. The number of nitrogens with zero attached hydrogens (tertiary/aromatic N) is 4. The molecule has 2 fully saturated rings. The molecule has 0 aromatic carbocycles. The lowest BCUT2D eigenvalue weighted by atomic mass is 10.1. The summed E-state index contributed by atoms with van der Waals surface area (Å²) in [5.41, 5.74) is 0.553. The van der Waals surface area contributed by atoms with Gasteiger partial charge in [-0.25, -0.2) is 9.37 Å². The minimum Gasteiger partial charge on any atom is -0.603 e. The van der Waals surface area contributed by atoms with Crippen LogP contribution >= 0.6 is 27.2 Å². The van der Waals surface area contributed by atoms with Gasteiger partial charge < -0.3 is 34.6 Å². The monoisotopic (exact) mass is 569 g/mol. The third-order valence-electron chi connectivity index (χ3n) is 6.08. The number of halogens is 2. The van der Waals surface area contributed by atoms with Gasteiger partial charge in [-0.05, 0) is 30.4 Å². The van der Waals surface area contributed by atoms with Gasteiger partial charge in [0.2, 0.25) is 13.3 Å². The molecule has 6 atom stereocenters. The summed E-state index contributed by atoms with van der Waals surface area (Å²) in [4.78, 5) is 33.9. The third-order valence-corrected chi connectivity index (χ3v) is 8.59. The maximum Gasteiger partial charge on any atom is 0.335 e. The fourth-order valence-electron chi connectivity index (χ4n) is 4.24. The molecular formula is C19H27ClFN5O8P2. The van der Waals surface area contributed by atoms with E-state index < -0.39 is 59.8 Å². The highest BCUT2D eigenvalue weighted by atomic mass is 35.5. The summed E-state index contributed by atoms with van der Waals surface area (Å²) in [6.45, 7) is -0.743. The molecule has 0 bridgehead atoms. The second-order valence-corrected chi connectivity index (χ2v) is 12.0. The largest absolute Gasteiger partial charge is 0.603 e. The molecule has 4 N–H and O–H groups in total. The van der Waals surface area contributed by atoms with Gasteiger partial charge in [-0.2, -0.15) is 14.5 Å². The van der Waals surface area contributed by atoms with Gasteiger partial charge in [0.15, 0.2) is 36.2 Å². The van der Waals surface area contributed by atoms with Gasteiger partial charge in [-0.1, -0.05) is 12.8 Å². The van der Waals surface area contributed by atoms with E-state index in [-0.39, 0.29) is 10.9 Å². The van der Waals surface area contributed by atoms with E-state index in [2.05, 4.69) is 24.8 Å². The van der Waals surface area contributed by atoms with E-state index in [9.17, 15) is 19.5 Å². The molecule has 1 aliphatic carbocycles. The van der Waals surface area contributed by atoms with E-state index in [1.165, 1.54) is 23.7 Å². The van der Waals surface area contributed by atoms with Crippen LogP contribution in [0.3, 0.4) is 0 Å². The van der Waals surface area contributed by atoms with Crippen molar-refractivity contribution >= 4 is 50.0 Å². The average molecular weight is 570 g/mol. The molecule has 1 saturated carbocycles. The average Bonchev–Trinajstić information content (AvgIpc) is 3.56. The Balaban J connectivity index is 1.45. The van der Waals surface area contributed by atoms with Gasteiger partial charge in [0.1, 0.15) is 24.2 Å². The molecule has 2 aromatic rings. The molecule has 3 unspecified atom stereocenters. The highest BCUT2D eigenvalue weighted by Crippen LogP contribution is 2.43. The lowest BCUT2D eigenvalue weighted by Gasteiger charge is -2.17.